The van der Waals surface area contributed by atoms with Gasteiger partial charge in [-0.05, 0) is 27.7 Å². The van der Waals surface area contributed by atoms with E-state index in [9.17, 15) is 0 Å². The van der Waals surface area contributed by atoms with Gasteiger partial charge in [-0.1, -0.05) is 0 Å². The molecule has 0 aliphatic heterocycles. The lowest BCUT2D eigenvalue weighted by Gasteiger charge is -2.09. The molecular formula is C10H24O5. The largest absolute Gasteiger partial charge is 0.397 e. The lowest BCUT2D eigenvalue weighted by Crippen LogP contribution is -2.11. The van der Waals surface area contributed by atoms with Crippen LogP contribution in [0.3, 0.4) is 0 Å². The van der Waals surface area contributed by atoms with Crippen molar-refractivity contribution in [2.75, 3.05) is 26.4 Å². The Kier molecular flexibility index (Phi) is 31.2. The zero-order valence-electron chi connectivity index (χ0n) is 10.1. The van der Waals surface area contributed by atoms with Crippen molar-refractivity contribution in [1.29, 1.82) is 0 Å². The summed E-state index contributed by atoms with van der Waals surface area (Å²) in [6.45, 7) is 8.82. The van der Waals surface area contributed by atoms with Gasteiger partial charge in [0.05, 0.1) is 6.61 Å². The van der Waals surface area contributed by atoms with Crippen LogP contribution in [0, 0.1) is 0 Å². The van der Waals surface area contributed by atoms with Crippen LogP contribution in [0.1, 0.15) is 27.7 Å². The molecule has 0 rings (SSSR count). The van der Waals surface area contributed by atoms with E-state index in [1.54, 1.807) is 6.92 Å². The summed E-state index contributed by atoms with van der Waals surface area (Å²) in [5, 5.41) is 15.1. The first-order chi connectivity index (χ1) is 7.14. The standard InChI is InChI=1S/C6H14O2.C2H4O2.C2H6O/c1-4-7-6(3)8-5-2;3-1-2-4;1-2-3/h6H,4-5H2,1-3H3;1,4H,2H2;3H,2H2,1H3. The average Bonchev–Trinajstić information content (AvgIpc) is 2.20. The van der Waals surface area contributed by atoms with Crippen LogP contribution in [0.4, 0.5) is 0 Å². The summed E-state index contributed by atoms with van der Waals surface area (Å²) in [7, 11) is 0. The number of hydrogen-bond donors (Lipinski definition) is 2. The SMILES string of the molecule is CCO.CCOC(C)OCC.O=CCO. The zero-order chi connectivity index (χ0) is 12.5. The van der Waals surface area contributed by atoms with Crippen LogP contribution >= 0.6 is 0 Å². The highest BCUT2D eigenvalue weighted by atomic mass is 16.7. The van der Waals surface area contributed by atoms with Crippen molar-refractivity contribution < 1.29 is 24.5 Å². The van der Waals surface area contributed by atoms with Gasteiger partial charge in [-0.3, -0.25) is 0 Å². The average molecular weight is 224 g/mol. The summed E-state index contributed by atoms with van der Waals surface area (Å²) >= 11 is 0. The first-order valence-corrected chi connectivity index (χ1v) is 5.02. The fraction of sp³-hybridized carbons (Fsp3) is 0.900. The Balaban J connectivity index is -0.000000173. The van der Waals surface area contributed by atoms with Crippen molar-refractivity contribution >= 4 is 6.29 Å². The highest BCUT2D eigenvalue weighted by Gasteiger charge is 1.94. The number of rotatable bonds is 5. The van der Waals surface area contributed by atoms with Crippen LogP contribution < -0.4 is 0 Å². The van der Waals surface area contributed by atoms with E-state index in [1.807, 2.05) is 20.8 Å². The monoisotopic (exact) mass is 224 g/mol. The summed E-state index contributed by atoms with van der Waals surface area (Å²) < 4.78 is 10.1. The van der Waals surface area contributed by atoms with Crippen LogP contribution in [0.5, 0.6) is 0 Å². The van der Waals surface area contributed by atoms with Crippen LogP contribution in [-0.2, 0) is 14.3 Å². The molecule has 2 N–H and O–H groups in total. The number of aliphatic hydroxyl groups is 2. The van der Waals surface area contributed by atoms with E-state index in [-0.39, 0.29) is 19.5 Å². The fourth-order valence-electron chi connectivity index (χ4n) is 0.518. The molecule has 0 spiro atoms. The molecule has 0 fully saturated rings. The first kappa shape index (κ1) is 20.0. The molecule has 0 bridgehead atoms. The lowest BCUT2D eigenvalue weighted by atomic mass is 10.7. The van der Waals surface area contributed by atoms with Crippen molar-refractivity contribution in [3.63, 3.8) is 0 Å². The predicted octanol–water partition coefficient (Wildman–Crippen LogP) is 0.582. The van der Waals surface area contributed by atoms with Crippen molar-refractivity contribution in [2.24, 2.45) is 0 Å². The number of ether oxygens (including phenoxy) is 2. The Morgan fingerprint density at radius 3 is 1.53 bits per heavy atom. The molecule has 5 nitrogen and oxygen atoms in total. The van der Waals surface area contributed by atoms with Gasteiger partial charge >= 0.3 is 0 Å². The van der Waals surface area contributed by atoms with Crippen molar-refractivity contribution in [3.05, 3.63) is 0 Å². The maximum atomic E-state index is 8.92. The minimum atomic E-state index is -0.361. The van der Waals surface area contributed by atoms with E-state index in [0.29, 0.717) is 6.29 Å². The maximum absolute atomic E-state index is 8.92. The molecule has 0 atom stereocenters. The number of aliphatic hydroxyl groups excluding tert-OH is 2. The Morgan fingerprint density at radius 1 is 1.13 bits per heavy atom. The summed E-state index contributed by atoms with van der Waals surface area (Å²) in [6, 6.07) is 0. The topological polar surface area (TPSA) is 76.0 Å². The molecule has 5 heteroatoms. The minimum Gasteiger partial charge on any atom is -0.397 e. The van der Waals surface area contributed by atoms with E-state index < -0.39 is 0 Å². The third kappa shape index (κ3) is 42.2. The van der Waals surface area contributed by atoms with Gasteiger partial charge in [0.15, 0.2) is 6.29 Å². The van der Waals surface area contributed by atoms with Gasteiger partial charge in [-0.15, -0.1) is 0 Å². The first-order valence-electron chi connectivity index (χ1n) is 5.02. The Bertz CT molecular complexity index is 91.8. The molecule has 0 amide bonds. The molecule has 0 heterocycles. The lowest BCUT2D eigenvalue weighted by molar-refractivity contribution is -0.123. The van der Waals surface area contributed by atoms with E-state index in [1.165, 1.54) is 0 Å². The van der Waals surface area contributed by atoms with Gasteiger partial charge in [-0.25, -0.2) is 0 Å². The molecule has 0 saturated heterocycles. The highest BCUT2D eigenvalue weighted by molar-refractivity contribution is 5.49. The maximum Gasteiger partial charge on any atom is 0.154 e. The normalized spacial score (nSPS) is 8.47. The number of carbonyl (C=O) groups excluding carboxylic acids is 1. The van der Waals surface area contributed by atoms with Crippen molar-refractivity contribution in [2.45, 2.75) is 34.0 Å². The molecule has 0 aliphatic rings. The van der Waals surface area contributed by atoms with Gasteiger partial charge in [0.25, 0.3) is 0 Å². The predicted molar refractivity (Wildman–Crippen MR) is 58.6 cm³/mol. The van der Waals surface area contributed by atoms with E-state index in [2.05, 4.69) is 0 Å². The number of aldehydes is 1. The molecule has 0 unspecified atom stereocenters. The van der Waals surface area contributed by atoms with Gasteiger partial charge in [0, 0.05) is 19.8 Å². The Labute approximate surface area is 92.0 Å². The van der Waals surface area contributed by atoms with Crippen molar-refractivity contribution in [3.8, 4) is 0 Å². The zero-order valence-corrected chi connectivity index (χ0v) is 10.1. The van der Waals surface area contributed by atoms with Crippen molar-refractivity contribution in [1.82, 2.24) is 0 Å². The molecule has 0 saturated carbocycles. The molecule has 0 aromatic rings. The van der Waals surface area contributed by atoms with Crippen LogP contribution in [0.2, 0.25) is 0 Å². The second-order valence-electron chi connectivity index (χ2n) is 2.14. The molecule has 15 heavy (non-hydrogen) atoms. The summed E-state index contributed by atoms with van der Waals surface area (Å²) in [4.78, 5) is 8.92. The van der Waals surface area contributed by atoms with Gasteiger partial charge in [-0.2, -0.15) is 0 Å². The van der Waals surface area contributed by atoms with Gasteiger partial charge in [0.1, 0.15) is 6.29 Å². The third-order valence-corrected chi connectivity index (χ3v) is 0.877. The van der Waals surface area contributed by atoms with Crippen LogP contribution in [-0.4, -0.2) is 49.2 Å². The summed E-state index contributed by atoms with van der Waals surface area (Å²) in [5.41, 5.74) is 0. The summed E-state index contributed by atoms with van der Waals surface area (Å²) in [6.07, 6.45) is 0.394. The Hall–Kier alpha value is -0.490. The van der Waals surface area contributed by atoms with E-state index >= 15 is 0 Å². The van der Waals surface area contributed by atoms with E-state index in [0.717, 1.165) is 13.2 Å². The van der Waals surface area contributed by atoms with Crippen LogP contribution in [0.15, 0.2) is 0 Å². The second kappa shape index (κ2) is 23.4. The number of carbonyl (C=O) groups is 1. The third-order valence-electron chi connectivity index (χ3n) is 0.877. The second-order valence-corrected chi connectivity index (χ2v) is 2.14. The van der Waals surface area contributed by atoms with E-state index in [4.69, 9.17) is 24.5 Å². The van der Waals surface area contributed by atoms with Gasteiger partial charge < -0.3 is 24.5 Å². The molecule has 0 radical (unpaired) electrons. The number of hydrogen-bond acceptors (Lipinski definition) is 5. The molecule has 0 aromatic heterocycles. The minimum absolute atomic E-state index is 0.0370. The quantitative estimate of drug-likeness (QED) is 0.528. The molecule has 0 aromatic carbocycles. The molecule has 94 valence electrons. The van der Waals surface area contributed by atoms with Crippen LogP contribution in [0.25, 0.3) is 0 Å². The molecule has 0 aliphatic carbocycles. The highest BCUT2D eigenvalue weighted by Crippen LogP contribution is 1.90. The smallest absolute Gasteiger partial charge is 0.154 e. The molecular weight excluding hydrogens is 200 g/mol. The van der Waals surface area contributed by atoms with Gasteiger partial charge in [0.2, 0.25) is 0 Å². The summed E-state index contributed by atoms with van der Waals surface area (Å²) in [5.74, 6) is 0. The Morgan fingerprint density at radius 2 is 1.40 bits per heavy atom. The fourth-order valence-corrected chi connectivity index (χ4v) is 0.518.